The zero-order chi connectivity index (χ0) is 8.55. The smallest absolute Gasteiger partial charge is 0.255 e. The van der Waals surface area contributed by atoms with Crippen molar-refractivity contribution in [1.82, 2.24) is 4.98 Å². The van der Waals surface area contributed by atoms with Gasteiger partial charge in [-0.15, -0.1) is 0 Å². The topological polar surface area (TPSA) is 32.9 Å². The average molecular weight is 177 g/mol. The van der Waals surface area contributed by atoms with Crippen molar-refractivity contribution < 1.29 is 0 Å². The summed E-state index contributed by atoms with van der Waals surface area (Å²) in [4.78, 5) is 13.9. The first kappa shape index (κ1) is 7.51. The molecule has 0 bridgehead atoms. The molecule has 2 rings (SSSR count). The fourth-order valence-electron chi connectivity index (χ4n) is 1.16. The summed E-state index contributed by atoms with van der Waals surface area (Å²) in [5, 5.41) is 1.73. The van der Waals surface area contributed by atoms with Gasteiger partial charge in [-0.25, -0.2) is 0 Å². The van der Waals surface area contributed by atoms with Crippen molar-refractivity contribution in [3.8, 4) is 0 Å². The molecule has 1 N–H and O–H groups in total. The molecule has 0 aliphatic rings. The lowest BCUT2D eigenvalue weighted by atomic mass is 10.2. The molecule has 12 heavy (non-hydrogen) atoms. The highest BCUT2D eigenvalue weighted by molar-refractivity contribution is 7.27. The van der Waals surface area contributed by atoms with E-state index in [-0.39, 0.29) is 5.56 Å². The SMILES string of the molecule is O=c1[nH]c2ccccc2cc1P. The van der Waals surface area contributed by atoms with Crippen LogP contribution < -0.4 is 10.9 Å². The molecule has 0 saturated carbocycles. The lowest BCUT2D eigenvalue weighted by Crippen LogP contribution is -2.20. The van der Waals surface area contributed by atoms with Crippen LogP contribution in [-0.4, -0.2) is 4.98 Å². The molecule has 0 amide bonds. The molecule has 2 nitrogen and oxygen atoms in total. The number of benzene rings is 1. The third kappa shape index (κ3) is 1.15. The molecule has 0 saturated heterocycles. The second kappa shape index (κ2) is 2.72. The van der Waals surface area contributed by atoms with Gasteiger partial charge in [-0.1, -0.05) is 27.4 Å². The molecule has 0 aliphatic heterocycles. The van der Waals surface area contributed by atoms with Gasteiger partial charge >= 0.3 is 0 Å². The van der Waals surface area contributed by atoms with Crippen LogP contribution in [0.5, 0.6) is 0 Å². The van der Waals surface area contributed by atoms with Gasteiger partial charge < -0.3 is 4.98 Å². The van der Waals surface area contributed by atoms with Gasteiger partial charge in [0.2, 0.25) is 0 Å². The Morgan fingerprint density at radius 1 is 1.25 bits per heavy atom. The number of hydrogen-bond acceptors (Lipinski definition) is 1. The Morgan fingerprint density at radius 2 is 2.00 bits per heavy atom. The minimum atomic E-state index is -0.0429. The Hall–Kier alpha value is -1.14. The maximum atomic E-state index is 11.2. The Bertz CT molecular complexity index is 475. The van der Waals surface area contributed by atoms with Gasteiger partial charge in [0.1, 0.15) is 0 Å². The summed E-state index contributed by atoms with van der Waals surface area (Å²) in [7, 11) is 2.42. The van der Waals surface area contributed by atoms with Crippen molar-refractivity contribution in [2.24, 2.45) is 0 Å². The number of aromatic nitrogens is 1. The highest BCUT2D eigenvalue weighted by Gasteiger charge is 1.95. The highest BCUT2D eigenvalue weighted by atomic mass is 31.0. The van der Waals surface area contributed by atoms with Crippen LogP contribution in [-0.2, 0) is 0 Å². The number of nitrogens with one attached hydrogen (secondary N) is 1. The second-order valence-electron chi connectivity index (χ2n) is 2.64. The summed E-state index contributed by atoms with van der Waals surface area (Å²) in [6, 6.07) is 9.57. The van der Waals surface area contributed by atoms with Gasteiger partial charge in [0, 0.05) is 10.8 Å². The molecule has 3 heteroatoms. The van der Waals surface area contributed by atoms with Crippen molar-refractivity contribution in [1.29, 1.82) is 0 Å². The molecule has 60 valence electrons. The molecule has 1 atom stereocenters. The number of hydrogen-bond donors (Lipinski definition) is 1. The third-order valence-corrected chi connectivity index (χ3v) is 2.21. The summed E-state index contributed by atoms with van der Waals surface area (Å²) in [5.74, 6) is 0. The van der Waals surface area contributed by atoms with E-state index >= 15 is 0 Å². The monoisotopic (exact) mass is 177 g/mol. The fraction of sp³-hybridized carbons (Fsp3) is 0. The van der Waals surface area contributed by atoms with Crippen LogP contribution >= 0.6 is 9.24 Å². The molecule has 2 aromatic rings. The highest BCUT2D eigenvalue weighted by Crippen LogP contribution is 2.06. The number of para-hydroxylation sites is 1. The first-order valence-electron chi connectivity index (χ1n) is 3.65. The quantitative estimate of drug-likeness (QED) is 0.599. The van der Waals surface area contributed by atoms with E-state index in [0.29, 0.717) is 5.30 Å². The predicted molar refractivity (Wildman–Crippen MR) is 53.9 cm³/mol. The summed E-state index contributed by atoms with van der Waals surface area (Å²) < 4.78 is 0. The van der Waals surface area contributed by atoms with E-state index < -0.39 is 0 Å². The first-order chi connectivity index (χ1) is 5.77. The van der Waals surface area contributed by atoms with Crippen LogP contribution in [0.3, 0.4) is 0 Å². The Morgan fingerprint density at radius 3 is 2.83 bits per heavy atom. The minimum absolute atomic E-state index is 0.0429. The number of fused-ring (bicyclic) bond motifs is 1. The fourth-order valence-corrected chi connectivity index (χ4v) is 1.42. The summed E-state index contributed by atoms with van der Waals surface area (Å²) >= 11 is 0. The van der Waals surface area contributed by atoms with Crippen LogP contribution in [0.4, 0.5) is 0 Å². The standard InChI is InChI=1S/C9H8NOP/c11-9-8(12)5-6-3-1-2-4-7(6)10-9/h1-5H,12H2,(H,10,11). The molecule has 1 aromatic carbocycles. The molecule has 0 radical (unpaired) electrons. The third-order valence-electron chi connectivity index (χ3n) is 1.78. The van der Waals surface area contributed by atoms with E-state index in [1.54, 1.807) is 0 Å². The van der Waals surface area contributed by atoms with Crippen LogP contribution in [0.25, 0.3) is 10.9 Å². The Labute approximate surface area is 71.8 Å². The van der Waals surface area contributed by atoms with E-state index in [1.807, 2.05) is 30.3 Å². The Balaban J connectivity index is 2.93. The van der Waals surface area contributed by atoms with Gasteiger partial charge in [0.25, 0.3) is 5.56 Å². The molecule has 1 unspecified atom stereocenters. The van der Waals surface area contributed by atoms with E-state index in [0.717, 1.165) is 10.9 Å². The molecule has 0 spiro atoms. The van der Waals surface area contributed by atoms with Gasteiger partial charge in [-0.05, 0) is 17.5 Å². The van der Waals surface area contributed by atoms with Gasteiger partial charge in [-0.3, -0.25) is 4.79 Å². The van der Waals surface area contributed by atoms with Gasteiger partial charge in [0.05, 0.1) is 0 Å². The predicted octanol–water partition coefficient (Wildman–Crippen LogP) is 1.03. The Kier molecular flexibility index (Phi) is 1.70. The lowest BCUT2D eigenvalue weighted by Gasteiger charge is -1.96. The molecule has 0 aliphatic carbocycles. The number of pyridine rings is 1. The number of H-pyrrole nitrogens is 1. The van der Waals surface area contributed by atoms with Crippen LogP contribution in [0.15, 0.2) is 35.1 Å². The van der Waals surface area contributed by atoms with Crippen LogP contribution in [0.2, 0.25) is 0 Å². The normalized spacial score (nSPS) is 10.4. The molecular weight excluding hydrogens is 169 g/mol. The maximum absolute atomic E-state index is 11.2. The zero-order valence-corrected chi connectivity index (χ0v) is 7.53. The van der Waals surface area contributed by atoms with E-state index in [1.165, 1.54) is 0 Å². The van der Waals surface area contributed by atoms with E-state index in [2.05, 4.69) is 14.2 Å². The van der Waals surface area contributed by atoms with Crippen molar-refractivity contribution in [3.63, 3.8) is 0 Å². The average Bonchev–Trinajstić information content (AvgIpc) is 2.07. The molecule has 1 aromatic heterocycles. The van der Waals surface area contributed by atoms with E-state index in [9.17, 15) is 4.79 Å². The lowest BCUT2D eigenvalue weighted by molar-refractivity contribution is 1.34. The molecule has 0 fully saturated rings. The van der Waals surface area contributed by atoms with Crippen molar-refractivity contribution in [3.05, 3.63) is 40.7 Å². The summed E-state index contributed by atoms with van der Waals surface area (Å²) in [6.07, 6.45) is 0. The summed E-state index contributed by atoms with van der Waals surface area (Å²) in [6.45, 7) is 0. The van der Waals surface area contributed by atoms with Crippen molar-refractivity contribution in [2.45, 2.75) is 0 Å². The minimum Gasteiger partial charge on any atom is -0.321 e. The largest absolute Gasteiger partial charge is 0.321 e. The number of rotatable bonds is 0. The van der Waals surface area contributed by atoms with Gasteiger partial charge in [-0.2, -0.15) is 0 Å². The first-order valence-corrected chi connectivity index (χ1v) is 4.22. The van der Waals surface area contributed by atoms with Crippen LogP contribution in [0.1, 0.15) is 0 Å². The van der Waals surface area contributed by atoms with Crippen molar-refractivity contribution in [2.75, 3.05) is 0 Å². The molecule has 1 heterocycles. The van der Waals surface area contributed by atoms with Crippen LogP contribution in [0, 0.1) is 0 Å². The molecular formula is C9H8NOP. The van der Waals surface area contributed by atoms with E-state index in [4.69, 9.17) is 0 Å². The maximum Gasteiger partial charge on any atom is 0.255 e. The summed E-state index contributed by atoms with van der Waals surface area (Å²) in [5.41, 5.74) is 0.840. The zero-order valence-electron chi connectivity index (χ0n) is 6.37. The number of aromatic amines is 1. The second-order valence-corrected chi connectivity index (χ2v) is 3.26. The van der Waals surface area contributed by atoms with Crippen molar-refractivity contribution >= 4 is 25.4 Å². The van der Waals surface area contributed by atoms with Gasteiger partial charge in [0.15, 0.2) is 0 Å².